The minimum atomic E-state index is 0.136. The van der Waals surface area contributed by atoms with E-state index in [0.717, 1.165) is 25.4 Å². The molecule has 0 rings (SSSR count). The number of thioether (sulfide) groups is 1. The molecule has 0 aromatic carbocycles. The van der Waals surface area contributed by atoms with E-state index in [1.54, 1.807) is 11.8 Å². The summed E-state index contributed by atoms with van der Waals surface area (Å²) in [4.78, 5) is 13.8. The van der Waals surface area contributed by atoms with Gasteiger partial charge in [-0.2, -0.15) is 11.8 Å². The van der Waals surface area contributed by atoms with Crippen molar-refractivity contribution in [3.8, 4) is 0 Å². The van der Waals surface area contributed by atoms with Crippen LogP contribution in [0, 0.1) is 0 Å². The molecule has 4 nitrogen and oxygen atoms in total. The molecule has 0 spiro atoms. The van der Waals surface area contributed by atoms with E-state index in [9.17, 15) is 4.79 Å². The van der Waals surface area contributed by atoms with Crippen molar-refractivity contribution >= 4 is 17.7 Å². The van der Waals surface area contributed by atoms with Gasteiger partial charge in [0.15, 0.2) is 0 Å². The van der Waals surface area contributed by atoms with Crippen LogP contribution in [0.25, 0.3) is 0 Å². The standard InChI is InChI=1S/C12H27N3OS/c1-5-15(6-2)7-8-17-10-12(16)14-9-11(3)13-4/h11,13H,5-10H2,1-4H3,(H,14,16). The Labute approximate surface area is 110 Å². The second kappa shape index (κ2) is 10.9. The van der Waals surface area contributed by atoms with Crippen LogP contribution < -0.4 is 10.6 Å². The molecule has 0 aliphatic carbocycles. The van der Waals surface area contributed by atoms with Gasteiger partial charge in [0.05, 0.1) is 5.75 Å². The largest absolute Gasteiger partial charge is 0.354 e. The van der Waals surface area contributed by atoms with Crippen LogP contribution >= 0.6 is 11.8 Å². The Kier molecular flexibility index (Phi) is 10.7. The first-order valence-corrected chi connectivity index (χ1v) is 7.53. The van der Waals surface area contributed by atoms with Crippen LogP contribution in [-0.4, -0.2) is 61.6 Å². The third-order valence-electron chi connectivity index (χ3n) is 2.78. The number of nitrogens with one attached hydrogen (secondary N) is 2. The van der Waals surface area contributed by atoms with Crippen LogP contribution in [0.15, 0.2) is 0 Å². The summed E-state index contributed by atoms with van der Waals surface area (Å²) >= 11 is 1.71. The Morgan fingerprint density at radius 3 is 2.53 bits per heavy atom. The van der Waals surface area contributed by atoms with E-state index in [0.29, 0.717) is 18.3 Å². The summed E-state index contributed by atoms with van der Waals surface area (Å²) in [5.41, 5.74) is 0. The van der Waals surface area contributed by atoms with Gasteiger partial charge in [-0.25, -0.2) is 0 Å². The van der Waals surface area contributed by atoms with Gasteiger partial charge >= 0.3 is 0 Å². The van der Waals surface area contributed by atoms with Gasteiger partial charge in [-0.1, -0.05) is 13.8 Å². The quantitative estimate of drug-likeness (QED) is 0.571. The summed E-state index contributed by atoms with van der Waals surface area (Å²) in [7, 11) is 1.90. The fourth-order valence-electron chi connectivity index (χ4n) is 1.32. The average molecular weight is 261 g/mol. The van der Waals surface area contributed by atoms with E-state index in [1.807, 2.05) is 14.0 Å². The maximum atomic E-state index is 11.5. The molecule has 0 aliphatic rings. The monoisotopic (exact) mass is 261 g/mol. The molecule has 0 aliphatic heterocycles. The first-order chi connectivity index (χ1) is 8.13. The Morgan fingerprint density at radius 1 is 1.35 bits per heavy atom. The second-order valence-electron chi connectivity index (χ2n) is 4.07. The van der Waals surface area contributed by atoms with Crippen LogP contribution in [0.4, 0.5) is 0 Å². The zero-order valence-corrected chi connectivity index (χ0v) is 12.4. The normalized spacial score (nSPS) is 12.8. The van der Waals surface area contributed by atoms with Crippen molar-refractivity contribution in [2.45, 2.75) is 26.8 Å². The van der Waals surface area contributed by atoms with Crippen molar-refractivity contribution in [1.82, 2.24) is 15.5 Å². The van der Waals surface area contributed by atoms with Crippen LogP contribution in [0.3, 0.4) is 0 Å². The molecule has 0 saturated heterocycles. The van der Waals surface area contributed by atoms with Gasteiger partial charge in [0, 0.05) is 24.9 Å². The molecule has 0 heterocycles. The molecule has 2 N–H and O–H groups in total. The molecule has 0 aromatic rings. The molecule has 1 amide bonds. The van der Waals surface area contributed by atoms with E-state index in [4.69, 9.17) is 0 Å². The van der Waals surface area contributed by atoms with Gasteiger partial charge in [-0.15, -0.1) is 0 Å². The molecule has 1 atom stereocenters. The van der Waals surface area contributed by atoms with Gasteiger partial charge in [0.25, 0.3) is 0 Å². The number of nitrogens with zero attached hydrogens (tertiary/aromatic N) is 1. The lowest BCUT2D eigenvalue weighted by Crippen LogP contribution is -2.38. The fraction of sp³-hybridized carbons (Fsp3) is 0.917. The third kappa shape index (κ3) is 9.44. The number of amides is 1. The third-order valence-corrected chi connectivity index (χ3v) is 3.72. The molecule has 0 bridgehead atoms. The highest BCUT2D eigenvalue weighted by atomic mass is 32.2. The molecule has 5 heteroatoms. The number of carbonyl (C=O) groups excluding carboxylic acids is 1. The average Bonchev–Trinajstić information content (AvgIpc) is 2.36. The van der Waals surface area contributed by atoms with E-state index in [-0.39, 0.29) is 5.91 Å². The van der Waals surface area contributed by atoms with Crippen molar-refractivity contribution < 1.29 is 4.79 Å². The van der Waals surface area contributed by atoms with Gasteiger partial charge in [0.1, 0.15) is 0 Å². The summed E-state index contributed by atoms with van der Waals surface area (Å²) in [5.74, 6) is 1.73. The van der Waals surface area contributed by atoms with Gasteiger partial charge in [-0.05, 0) is 27.1 Å². The molecule has 0 saturated carbocycles. The lowest BCUT2D eigenvalue weighted by molar-refractivity contribution is -0.118. The summed E-state index contributed by atoms with van der Waals surface area (Å²) in [6, 6.07) is 0.333. The van der Waals surface area contributed by atoms with E-state index >= 15 is 0 Å². The molecular weight excluding hydrogens is 234 g/mol. The lowest BCUT2D eigenvalue weighted by Gasteiger charge is -2.17. The molecule has 0 fully saturated rings. The second-order valence-corrected chi connectivity index (χ2v) is 5.18. The molecule has 102 valence electrons. The molecule has 0 aromatic heterocycles. The number of rotatable bonds is 10. The molecule has 1 unspecified atom stereocenters. The highest BCUT2D eigenvalue weighted by Crippen LogP contribution is 2.00. The maximum absolute atomic E-state index is 11.5. The predicted molar refractivity (Wildman–Crippen MR) is 76.6 cm³/mol. The number of hydrogen-bond donors (Lipinski definition) is 2. The fourth-order valence-corrected chi connectivity index (χ4v) is 2.14. The van der Waals surface area contributed by atoms with Crippen molar-refractivity contribution in [3.63, 3.8) is 0 Å². The summed E-state index contributed by atoms with van der Waals surface area (Å²) in [6.07, 6.45) is 0. The van der Waals surface area contributed by atoms with Crippen molar-refractivity contribution in [2.75, 3.05) is 44.7 Å². The zero-order valence-electron chi connectivity index (χ0n) is 11.6. The maximum Gasteiger partial charge on any atom is 0.230 e. The smallest absolute Gasteiger partial charge is 0.230 e. The van der Waals surface area contributed by atoms with Crippen LogP contribution in [0.1, 0.15) is 20.8 Å². The highest BCUT2D eigenvalue weighted by molar-refractivity contribution is 7.99. The number of carbonyl (C=O) groups is 1. The van der Waals surface area contributed by atoms with E-state index in [1.165, 1.54) is 0 Å². The van der Waals surface area contributed by atoms with Crippen molar-refractivity contribution in [1.29, 1.82) is 0 Å². The molecule has 0 radical (unpaired) electrons. The minimum absolute atomic E-state index is 0.136. The minimum Gasteiger partial charge on any atom is -0.354 e. The number of likely N-dealkylation sites (N-methyl/N-ethyl adjacent to an activating group) is 1. The first kappa shape index (κ1) is 16.7. The summed E-state index contributed by atoms with van der Waals surface area (Å²) in [6.45, 7) is 10.3. The Balaban J connectivity index is 3.45. The first-order valence-electron chi connectivity index (χ1n) is 6.38. The Bertz CT molecular complexity index is 198. The van der Waals surface area contributed by atoms with E-state index < -0.39 is 0 Å². The predicted octanol–water partition coefficient (Wildman–Crippen LogP) is 0.786. The Morgan fingerprint density at radius 2 is 2.00 bits per heavy atom. The van der Waals surface area contributed by atoms with Crippen molar-refractivity contribution in [2.24, 2.45) is 0 Å². The van der Waals surface area contributed by atoms with Crippen LogP contribution in [-0.2, 0) is 4.79 Å². The SMILES string of the molecule is CCN(CC)CCSCC(=O)NCC(C)NC. The molecular formula is C12H27N3OS. The number of hydrogen-bond acceptors (Lipinski definition) is 4. The molecule has 17 heavy (non-hydrogen) atoms. The Hall–Kier alpha value is -0.260. The van der Waals surface area contributed by atoms with Crippen molar-refractivity contribution in [3.05, 3.63) is 0 Å². The van der Waals surface area contributed by atoms with Gasteiger partial charge in [0.2, 0.25) is 5.91 Å². The van der Waals surface area contributed by atoms with Gasteiger partial charge < -0.3 is 15.5 Å². The van der Waals surface area contributed by atoms with Crippen LogP contribution in [0.2, 0.25) is 0 Å². The topological polar surface area (TPSA) is 44.4 Å². The lowest BCUT2D eigenvalue weighted by atomic mass is 10.3. The van der Waals surface area contributed by atoms with Crippen LogP contribution in [0.5, 0.6) is 0 Å². The van der Waals surface area contributed by atoms with Gasteiger partial charge in [-0.3, -0.25) is 4.79 Å². The highest BCUT2D eigenvalue weighted by Gasteiger charge is 2.04. The van der Waals surface area contributed by atoms with E-state index in [2.05, 4.69) is 29.4 Å². The summed E-state index contributed by atoms with van der Waals surface area (Å²) < 4.78 is 0. The summed E-state index contributed by atoms with van der Waals surface area (Å²) in [5, 5.41) is 6.00. The zero-order chi connectivity index (χ0) is 13.1.